The van der Waals surface area contributed by atoms with Crippen LogP contribution in [-0.2, 0) is 27.9 Å². The Balaban J connectivity index is 1.83. The quantitative estimate of drug-likeness (QED) is 0.841. The zero-order valence-corrected chi connectivity index (χ0v) is 13.3. The van der Waals surface area contributed by atoms with E-state index in [1.54, 1.807) is 6.20 Å². The first-order valence-corrected chi connectivity index (χ1v) is 9.00. The first kappa shape index (κ1) is 16.0. The SMILES string of the molecule is CCn1nccc1CNC(=O)C1CCN(S(C)(=O)=O)CC1. The van der Waals surface area contributed by atoms with E-state index in [-0.39, 0.29) is 11.8 Å². The Morgan fingerprint density at radius 3 is 2.67 bits per heavy atom. The maximum Gasteiger partial charge on any atom is 0.223 e. The number of aryl methyl sites for hydroxylation is 1. The van der Waals surface area contributed by atoms with Crippen LogP contribution in [0.4, 0.5) is 0 Å². The first-order valence-electron chi connectivity index (χ1n) is 7.15. The highest BCUT2D eigenvalue weighted by atomic mass is 32.2. The summed E-state index contributed by atoms with van der Waals surface area (Å²) < 4.78 is 26.1. The van der Waals surface area contributed by atoms with Gasteiger partial charge in [0.25, 0.3) is 0 Å². The molecule has 0 aliphatic carbocycles. The summed E-state index contributed by atoms with van der Waals surface area (Å²) in [5.41, 5.74) is 0.972. The number of hydrogen-bond donors (Lipinski definition) is 1. The number of amides is 1. The van der Waals surface area contributed by atoms with Gasteiger partial charge in [0.2, 0.25) is 15.9 Å². The molecule has 7 nitrogen and oxygen atoms in total. The summed E-state index contributed by atoms with van der Waals surface area (Å²) in [4.78, 5) is 12.1. The van der Waals surface area contributed by atoms with Gasteiger partial charge >= 0.3 is 0 Å². The van der Waals surface area contributed by atoms with Gasteiger partial charge in [0, 0.05) is 31.7 Å². The van der Waals surface area contributed by atoms with Gasteiger partial charge in [-0.05, 0) is 25.8 Å². The molecule has 1 aliphatic rings. The van der Waals surface area contributed by atoms with Crippen LogP contribution >= 0.6 is 0 Å². The molecule has 1 amide bonds. The molecule has 1 aromatic heterocycles. The molecular weight excluding hydrogens is 292 g/mol. The van der Waals surface area contributed by atoms with Crippen LogP contribution in [0.15, 0.2) is 12.3 Å². The largest absolute Gasteiger partial charge is 0.350 e. The lowest BCUT2D eigenvalue weighted by molar-refractivity contribution is -0.126. The molecule has 0 bridgehead atoms. The lowest BCUT2D eigenvalue weighted by Gasteiger charge is -2.29. The molecule has 118 valence electrons. The van der Waals surface area contributed by atoms with E-state index in [2.05, 4.69) is 10.4 Å². The number of hydrogen-bond acceptors (Lipinski definition) is 4. The molecule has 0 saturated carbocycles. The molecule has 0 spiro atoms. The third-order valence-electron chi connectivity index (χ3n) is 3.84. The van der Waals surface area contributed by atoms with Crippen LogP contribution in [0.5, 0.6) is 0 Å². The van der Waals surface area contributed by atoms with Gasteiger partial charge in [0.15, 0.2) is 0 Å². The summed E-state index contributed by atoms with van der Waals surface area (Å²) in [6, 6.07) is 1.88. The predicted octanol–water partition coefficient (Wildman–Crippen LogP) is 0.191. The molecule has 1 N–H and O–H groups in total. The summed E-state index contributed by atoms with van der Waals surface area (Å²) in [7, 11) is -3.14. The van der Waals surface area contributed by atoms with E-state index in [1.807, 2.05) is 17.7 Å². The Labute approximate surface area is 125 Å². The zero-order valence-electron chi connectivity index (χ0n) is 12.4. The fourth-order valence-electron chi connectivity index (χ4n) is 2.57. The summed E-state index contributed by atoms with van der Waals surface area (Å²) in [5, 5.41) is 7.07. The lowest BCUT2D eigenvalue weighted by atomic mass is 9.97. The standard InChI is InChI=1S/C13H22N4O3S/c1-3-17-12(4-7-15-17)10-14-13(18)11-5-8-16(9-6-11)21(2,19)20/h4,7,11H,3,5-6,8-10H2,1-2H3,(H,14,18). The average molecular weight is 314 g/mol. The molecule has 2 heterocycles. The molecule has 2 rings (SSSR count). The van der Waals surface area contributed by atoms with Crippen molar-refractivity contribution in [3.63, 3.8) is 0 Å². The number of carbonyl (C=O) groups excluding carboxylic acids is 1. The number of aromatic nitrogens is 2. The fourth-order valence-corrected chi connectivity index (χ4v) is 3.44. The van der Waals surface area contributed by atoms with E-state index in [9.17, 15) is 13.2 Å². The summed E-state index contributed by atoms with van der Waals surface area (Å²) in [6.45, 7) is 4.07. The van der Waals surface area contributed by atoms with Crippen LogP contribution in [-0.4, -0.2) is 47.8 Å². The molecule has 0 aromatic carbocycles. The Bertz CT molecular complexity index is 588. The Hall–Kier alpha value is -1.41. The van der Waals surface area contributed by atoms with E-state index >= 15 is 0 Å². The summed E-state index contributed by atoms with van der Waals surface area (Å²) in [6.07, 6.45) is 4.08. The normalized spacial score (nSPS) is 17.8. The van der Waals surface area contributed by atoms with Crippen LogP contribution in [0.25, 0.3) is 0 Å². The molecule has 1 aromatic rings. The molecule has 1 fully saturated rings. The van der Waals surface area contributed by atoms with Gasteiger partial charge in [-0.3, -0.25) is 9.48 Å². The van der Waals surface area contributed by atoms with Gasteiger partial charge in [-0.25, -0.2) is 12.7 Å². The van der Waals surface area contributed by atoms with E-state index in [4.69, 9.17) is 0 Å². The van der Waals surface area contributed by atoms with Crippen LogP contribution in [0.3, 0.4) is 0 Å². The van der Waals surface area contributed by atoms with Gasteiger partial charge in [-0.1, -0.05) is 0 Å². The van der Waals surface area contributed by atoms with Crippen LogP contribution in [0.1, 0.15) is 25.5 Å². The number of carbonyl (C=O) groups is 1. The van der Waals surface area contributed by atoms with E-state index in [0.29, 0.717) is 32.5 Å². The molecule has 8 heteroatoms. The minimum atomic E-state index is -3.14. The van der Waals surface area contributed by atoms with E-state index in [1.165, 1.54) is 10.6 Å². The van der Waals surface area contributed by atoms with Crippen LogP contribution in [0.2, 0.25) is 0 Å². The molecule has 0 radical (unpaired) electrons. The second kappa shape index (κ2) is 6.57. The molecule has 1 aliphatic heterocycles. The second-order valence-electron chi connectivity index (χ2n) is 5.29. The minimum absolute atomic E-state index is 0.00740. The van der Waals surface area contributed by atoms with Crippen molar-refractivity contribution in [3.8, 4) is 0 Å². The van der Waals surface area contributed by atoms with Crippen molar-refractivity contribution in [1.29, 1.82) is 0 Å². The lowest BCUT2D eigenvalue weighted by Crippen LogP contribution is -2.42. The van der Waals surface area contributed by atoms with Crippen molar-refractivity contribution in [2.75, 3.05) is 19.3 Å². The summed E-state index contributed by atoms with van der Waals surface area (Å²) in [5.74, 6) is -0.118. The highest BCUT2D eigenvalue weighted by Gasteiger charge is 2.28. The summed E-state index contributed by atoms with van der Waals surface area (Å²) >= 11 is 0. The fraction of sp³-hybridized carbons (Fsp3) is 0.692. The number of sulfonamides is 1. The van der Waals surface area contributed by atoms with E-state index in [0.717, 1.165) is 12.2 Å². The van der Waals surface area contributed by atoms with Gasteiger partial charge < -0.3 is 5.32 Å². The first-order chi connectivity index (χ1) is 9.91. The van der Waals surface area contributed by atoms with Crippen molar-refractivity contribution < 1.29 is 13.2 Å². The van der Waals surface area contributed by atoms with Crippen molar-refractivity contribution in [2.45, 2.75) is 32.9 Å². The van der Waals surface area contributed by atoms with Crippen molar-refractivity contribution in [3.05, 3.63) is 18.0 Å². The molecule has 0 unspecified atom stereocenters. The highest BCUT2D eigenvalue weighted by molar-refractivity contribution is 7.88. The monoisotopic (exact) mass is 314 g/mol. The molecule has 0 atom stereocenters. The highest BCUT2D eigenvalue weighted by Crippen LogP contribution is 2.19. The van der Waals surface area contributed by atoms with Gasteiger partial charge in [-0.15, -0.1) is 0 Å². The molecule has 1 saturated heterocycles. The van der Waals surface area contributed by atoms with Crippen LogP contribution < -0.4 is 5.32 Å². The number of piperidine rings is 1. The number of nitrogens with one attached hydrogen (secondary N) is 1. The maximum absolute atomic E-state index is 12.1. The Morgan fingerprint density at radius 1 is 1.43 bits per heavy atom. The topological polar surface area (TPSA) is 84.3 Å². The second-order valence-corrected chi connectivity index (χ2v) is 7.27. The zero-order chi connectivity index (χ0) is 15.5. The Morgan fingerprint density at radius 2 is 2.10 bits per heavy atom. The smallest absolute Gasteiger partial charge is 0.223 e. The Kier molecular flexibility index (Phi) is 5.00. The predicted molar refractivity (Wildman–Crippen MR) is 78.9 cm³/mol. The average Bonchev–Trinajstić information content (AvgIpc) is 2.91. The third-order valence-corrected chi connectivity index (χ3v) is 5.14. The van der Waals surface area contributed by atoms with Crippen molar-refractivity contribution >= 4 is 15.9 Å². The molecular formula is C13H22N4O3S. The molecule has 21 heavy (non-hydrogen) atoms. The number of rotatable bonds is 5. The third kappa shape index (κ3) is 4.04. The van der Waals surface area contributed by atoms with E-state index < -0.39 is 10.0 Å². The van der Waals surface area contributed by atoms with Crippen molar-refractivity contribution in [2.24, 2.45) is 5.92 Å². The van der Waals surface area contributed by atoms with Crippen LogP contribution in [0, 0.1) is 5.92 Å². The van der Waals surface area contributed by atoms with Gasteiger partial charge in [0.05, 0.1) is 18.5 Å². The number of nitrogens with zero attached hydrogens (tertiary/aromatic N) is 3. The van der Waals surface area contributed by atoms with Gasteiger partial charge in [0.1, 0.15) is 0 Å². The van der Waals surface area contributed by atoms with Crippen molar-refractivity contribution in [1.82, 2.24) is 19.4 Å². The maximum atomic E-state index is 12.1. The minimum Gasteiger partial charge on any atom is -0.350 e. The van der Waals surface area contributed by atoms with Gasteiger partial charge in [-0.2, -0.15) is 5.10 Å².